The normalized spacial score (nSPS) is 14.1. The van der Waals surface area contributed by atoms with E-state index >= 15 is 0 Å². The Labute approximate surface area is 65.5 Å². The molecule has 0 saturated carbocycles. The molecule has 2 N–H and O–H groups in total. The molecule has 0 aliphatic rings. The Balaban J connectivity index is 3.56. The third-order valence-electron chi connectivity index (χ3n) is 1.53. The maximum atomic E-state index is 5.83. The number of hydrogen-bond acceptors (Lipinski definition) is 2. The van der Waals surface area contributed by atoms with Gasteiger partial charge in [-0.15, -0.1) is 0 Å². The summed E-state index contributed by atoms with van der Waals surface area (Å²) in [5.41, 5.74) is 6.15. The average Bonchev–Trinajstić information content (AvgIpc) is 1.99. The van der Waals surface area contributed by atoms with E-state index in [9.17, 15) is 0 Å². The lowest BCUT2D eigenvalue weighted by molar-refractivity contribution is 0.333. The van der Waals surface area contributed by atoms with Crippen LogP contribution in [0.1, 0.15) is 27.2 Å². The summed E-state index contributed by atoms with van der Waals surface area (Å²) in [6, 6.07) is 1.12. The third kappa shape index (κ3) is 3.34. The lowest BCUT2D eigenvalue weighted by Crippen LogP contribution is -2.40. The second kappa shape index (κ2) is 5.89. The first kappa shape index (κ1) is 10.1. The summed E-state index contributed by atoms with van der Waals surface area (Å²) in [4.78, 5) is 0. The van der Waals surface area contributed by atoms with Gasteiger partial charge in [-0.25, -0.2) is 0 Å². The molecule has 2 nitrogen and oxygen atoms in total. The van der Waals surface area contributed by atoms with Crippen molar-refractivity contribution in [3.05, 3.63) is 0 Å². The molecule has 0 bridgehead atoms. The van der Waals surface area contributed by atoms with Crippen molar-refractivity contribution in [3.63, 3.8) is 0 Å². The van der Waals surface area contributed by atoms with Gasteiger partial charge in [-0.2, -0.15) is 0 Å². The molecule has 0 spiro atoms. The largest absolute Gasteiger partial charge is 0.415 e. The van der Waals surface area contributed by atoms with Crippen LogP contribution in [-0.4, -0.2) is 21.3 Å². The van der Waals surface area contributed by atoms with E-state index in [0.29, 0.717) is 5.67 Å². The maximum absolute atomic E-state index is 5.83. The van der Waals surface area contributed by atoms with Gasteiger partial charge in [0.05, 0.1) is 0 Å². The molecule has 0 rings (SSSR count). The van der Waals surface area contributed by atoms with Crippen molar-refractivity contribution < 1.29 is 4.43 Å². The minimum absolute atomic E-state index is 0.315. The fourth-order valence-electron chi connectivity index (χ4n) is 0.884. The van der Waals surface area contributed by atoms with E-state index in [1.165, 1.54) is 0 Å². The van der Waals surface area contributed by atoms with Crippen molar-refractivity contribution in [2.75, 3.05) is 6.61 Å². The van der Waals surface area contributed by atoms with Gasteiger partial charge in [-0.3, -0.25) is 0 Å². The zero-order valence-corrected chi connectivity index (χ0v) is 8.18. The molecule has 0 heterocycles. The van der Waals surface area contributed by atoms with Gasteiger partial charge in [0.15, 0.2) is 0 Å². The molecule has 3 heteroatoms. The quantitative estimate of drug-likeness (QED) is 0.615. The van der Waals surface area contributed by atoms with Crippen LogP contribution in [0, 0.1) is 0 Å². The third-order valence-corrected chi connectivity index (χ3v) is 4.12. The molecule has 0 saturated heterocycles. The van der Waals surface area contributed by atoms with Crippen molar-refractivity contribution in [2.45, 2.75) is 38.9 Å². The molecule has 10 heavy (non-hydrogen) atoms. The van der Waals surface area contributed by atoms with Gasteiger partial charge in [0.1, 0.15) is 0 Å². The summed E-state index contributed by atoms with van der Waals surface area (Å²) in [6.45, 7) is 7.11. The van der Waals surface area contributed by atoms with Gasteiger partial charge in [-0.1, -0.05) is 13.8 Å². The van der Waals surface area contributed by atoms with Crippen LogP contribution in [0.15, 0.2) is 0 Å². The Morgan fingerprint density at radius 2 is 2.00 bits per heavy atom. The van der Waals surface area contributed by atoms with E-state index in [0.717, 1.165) is 19.1 Å². The topological polar surface area (TPSA) is 35.2 Å². The van der Waals surface area contributed by atoms with Crippen LogP contribution in [0.2, 0.25) is 6.04 Å². The molecule has 1 radical (unpaired) electrons. The number of hydrogen-bond donors (Lipinski definition) is 1. The maximum Gasteiger partial charge on any atom is 0.228 e. The SMILES string of the molecule is CCO[Si](CC)C(N)CC. The minimum atomic E-state index is -0.686. The van der Waals surface area contributed by atoms with Crippen LogP contribution in [0.4, 0.5) is 0 Å². The second-order valence-corrected chi connectivity index (χ2v) is 4.94. The molecule has 1 unspecified atom stereocenters. The molecule has 0 aromatic rings. The Hall–Kier alpha value is 0.137. The van der Waals surface area contributed by atoms with E-state index < -0.39 is 9.04 Å². The average molecular weight is 160 g/mol. The van der Waals surface area contributed by atoms with Crippen LogP contribution in [-0.2, 0) is 4.43 Å². The van der Waals surface area contributed by atoms with Crippen molar-refractivity contribution in [2.24, 2.45) is 5.73 Å². The summed E-state index contributed by atoms with van der Waals surface area (Å²) in [5.74, 6) is 0. The molecule has 0 amide bonds. The standard InChI is InChI=1S/C7H18NOSi/c1-4-7(8)10(6-3)9-5-2/h7H,4-6,8H2,1-3H3. The molecule has 0 aliphatic carbocycles. The van der Waals surface area contributed by atoms with Crippen molar-refractivity contribution in [1.82, 2.24) is 0 Å². The van der Waals surface area contributed by atoms with Gasteiger partial charge in [0.2, 0.25) is 9.04 Å². The highest BCUT2D eigenvalue weighted by molar-refractivity contribution is 6.53. The van der Waals surface area contributed by atoms with E-state index in [-0.39, 0.29) is 0 Å². The van der Waals surface area contributed by atoms with Crippen LogP contribution in [0.25, 0.3) is 0 Å². The predicted molar refractivity (Wildman–Crippen MR) is 46.1 cm³/mol. The summed E-state index contributed by atoms with van der Waals surface area (Å²) in [5, 5.41) is 0. The van der Waals surface area contributed by atoms with Crippen LogP contribution in [0.3, 0.4) is 0 Å². The Bertz CT molecular complexity index is 80.0. The zero-order chi connectivity index (χ0) is 7.98. The second-order valence-electron chi connectivity index (χ2n) is 2.27. The molecular weight excluding hydrogens is 142 g/mol. The van der Waals surface area contributed by atoms with Gasteiger partial charge in [-0.05, 0) is 19.4 Å². The molecule has 1 atom stereocenters. The molecular formula is C7H18NOSi. The van der Waals surface area contributed by atoms with Crippen LogP contribution < -0.4 is 5.73 Å². The van der Waals surface area contributed by atoms with Crippen molar-refractivity contribution in [3.8, 4) is 0 Å². The monoisotopic (exact) mass is 160 g/mol. The summed E-state index contributed by atoms with van der Waals surface area (Å²) >= 11 is 0. The van der Waals surface area contributed by atoms with Gasteiger partial charge >= 0.3 is 0 Å². The van der Waals surface area contributed by atoms with Gasteiger partial charge in [0.25, 0.3) is 0 Å². The number of rotatable bonds is 5. The summed E-state index contributed by atoms with van der Waals surface area (Å²) < 4.78 is 5.52. The van der Waals surface area contributed by atoms with Crippen LogP contribution in [0.5, 0.6) is 0 Å². The van der Waals surface area contributed by atoms with Crippen LogP contribution >= 0.6 is 0 Å². The fraction of sp³-hybridized carbons (Fsp3) is 1.00. The Morgan fingerprint density at radius 3 is 2.30 bits per heavy atom. The fourth-order valence-corrected chi connectivity index (χ4v) is 2.65. The highest BCUT2D eigenvalue weighted by Crippen LogP contribution is 2.01. The first-order valence-corrected chi connectivity index (χ1v) is 5.69. The minimum Gasteiger partial charge on any atom is -0.415 e. The predicted octanol–water partition coefficient (Wildman–Crippen LogP) is 1.31. The Kier molecular flexibility index (Phi) is 5.97. The van der Waals surface area contributed by atoms with E-state index in [2.05, 4.69) is 13.8 Å². The molecule has 0 aromatic heterocycles. The highest BCUT2D eigenvalue weighted by atomic mass is 28.3. The Morgan fingerprint density at radius 1 is 1.40 bits per heavy atom. The van der Waals surface area contributed by atoms with Gasteiger partial charge < -0.3 is 10.2 Å². The molecule has 61 valence electrons. The van der Waals surface area contributed by atoms with Crippen molar-refractivity contribution >= 4 is 9.04 Å². The zero-order valence-electron chi connectivity index (χ0n) is 7.18. The van der Waals surface area contributed by atoms with Gasteiger partial charge in [0, 0.05) is 12.3 Å². The molecule has 0 aromatic carbocycles. The highest BCUT2D eigenvalue weighted by Gasteiger charge is 2.17. The van der Waals surface area contributed by atoms with Crippen molar-refractivity contribution in [1.29, 1.82) is 0 Å². The summed E-state index contributed by atoms with van der Waals surface area (Å²) in [6.07, 6.45) is 1.04. The molecule has 0 aliphatic heterocycles. The lowest BCUT2D eigenvalue weighted by atomic mass is 10.5. The van der Waals surface area contributed by atoms with E-state index in [1.807, 2.05) is 6.92 Å². The first-order valence-electron chi connectivity index (χ1n) is 4.00. The first-order chi connectivity index (χ1) is 4.76. The van der Waals surface area contributed by atoms with E-state index in [4.69, 9.17) is 10.2 Å². The number of nitrogens with two attached hydrogens (primary N) is 1. The smallest absolute Gasteiger partial charge is 0.228 e. The molecule has 0 fully saturated rings. The van der Waals surface area contributed by atoms with E-state index in [1.54, 1.807) is 0 Å². The summed E-state index contributed by atoms with van der Waals surface area (Å²) in [7, 11) is -0.686. The lowest BCUT2D eigenvalue weighted by Gasteiger charge is -2.17.